The Morgan fingerprint density at radius 3 is 2.44 bits per heavy atom. The maximum absolute atomic E-state index is 13.3. The fraction of sp³-hybridized carbons (Fsp3) is 0.471. The molecule has 3 aliphatic heterocycles. The molecular weight excluding hydrogens is 588 g/mol. The maximum atomic E-state index is 13.3. The van der Waals surface area contributed by atoms with Crippen molar-refractivity contribution in [1.29, 1.82) is 0 Å². The normalized spacial score (nSPS) is 19.6. The van der Waals surface area contributed by atoms with Crippen LogP contribution in [0.2, 0.25) is 0 Å². The van der Waals surface area contributed by atoms with Crippen molar-refractivity contribution in [2.24, 2.45) is 11.7 Å². The molecule has 5 heterocycles. The molecule has 2 amide bonds. The van der Waals surface area contributed by atoms with Crippen LogP contribution in [-0.4, -0.2) is 65.6 Å². The summed E-state index contributed by atoms with van der Waals surface area (Å²) in [6, 6.07) is 2.30. The number of ether oxygens (including phenoxy) is 2. The van der Waals surface area contributed by atoms with Crippen LogP contribution in [0.1, 0.15) is 79.3 Å². The number of nitrogens with one attached hydrogen (secondary N) is 2. The second kappa shape index (κ2) is 17.4. The number of hydrogen-bond acceptors (Lipinski definition) is 9. The molecule has 0 spiro atoms. The molecule has 1 aliphatic carbocycles. The molecule has 11 heteroatoms. The van der Waals surface area contributed by atoms with E-state index in [9.17, 15) is 9.59 Å². The molecule has 10 nitrogen and oxygen atoms in total. The first-order chi connectivity index (χ1) is 21.9. The summed E-state index contributed by atoms with van der Waals surface area (Å²) in [7, 11) is 0. The topological polar surface area (TPSA) is 132 Å². The van der Waals surface area contributed by atoms with E-state index in [0.29, 0.717) is 59.3 Å². The highest BCUT2D eigenvalue weighted by atomic mass is 32.1. The van der Waals surface area contributed by atoms with Crippen LogP contribution in [0.4, 0.5) is 5.69 Å². The average Bonchev–Trinajstić information content (AvgIpc) is 3.55. The van der Waals surface area contributed by atoms with Crippen LogP contribution in [-0.2, 0) is 14.3 Å². The van der Waals surface area contributed by atoms with Gasteiger partial charge in [0.15, 0.2) is 5.76 Å². The number of carbonyl (C=O) groups excluding carboxylic acids is 2. The van der Waals surface area contributed by atoms with Gasteiger partial charge in [0.2, 0.25) is 0 Å². The second-order valence-electron chi connectivity index (χ2n) is 10.6. The summed E-state index contributed by atoms with van der Waals surface area (Å²) >= 11 is 1.33. The number of piperidine rings is 2. The first-order valence-corrected chi connectivity index (χ1v) is 16.3. The van der Waals surface area contributed by atoms with Crippen molar-refractivity contribution in [1.82, 2.24) is 20.2 Å². The van der Waals surface area contributed by atoms with E-state index in [0.717, 1.165) is 29.5 Å². The summed E-state index contributed by atoms with van der Waals surface area (Å²) in [6.45, 7) is 13.1. The number of terminal acetylenes is 1. The molecule has 3 fully saturated rings. The number of nitrogens with two attached hydrogens (primary N) is 1. The standard InChI is InChI=1S/C30H38N6O4S.C2H6.C2H2/c1-4-23(27-19(3)39-11-12-40-27)26-16-34-30(41-26)24(14-31)29(38)35-25-13-21(15-33-18(25)2)28(37)32-9-10-36-17-20-5-7-22(36)8-6-20;2*1-2/h4,13-16,20,22H,5-12,17,31H2,1-3H3,(H,32,37)(H,35,38);1-2H3;1-2H/b23-4-,24-14-;;. The fourth-order valence-electron chi connectivity index (χ4n) is 5.76. The summed E-state index contributed by atoms with van der Waals surface area (Å²) in [5, 5.41) is 6.34. The lowest BCUT2D eigenvalue weighted by atomic mass is 9.80. The predicted octanol–water partition coefficient (Wildman–Crippen LogP) is 5.35. The van der Waals surface area contributed by atoms with Gasteiger partial charge in [0.25, 0.3) is 11.8 Å². The molecule has 4 N–H and O–H groups in total. The number of pyridine rings is 1. The molecule has 2 saturated heterocycles. The largest absolute Gasteiger partial charge is 0.491 e. The summed E-state index contributed by atoms with van der Waals surface area (Å²) in [5.41, 5.74) is 8.36. The number of carbonyl (C=O) groups is 2. The zero-order chi connectivity index (χ0) is 32.9. The molecule has 0 aromatic carbocycles. The van der Waals surface area contributed by atoms with Crippen molar-refractivity contribution < 1.29 is 19.1 Å². The number of allylic oxidation sites excluding steroid dienone is 3. The zero-order valence-electron chi connectivity index (χ0n) is 27.0. The number of anilines is 1. The molecule has 0 unspecified atom stereocenters. The Morgan fingerprint density at radius 1 is 1.11 bits per heavy atom. The maximum Gasteiger partial charge on any atom is 0.260 e. The molecule has 0 radical (unpaired) electrons. The number of amides is 2. The van der Waals surface area contributed by atoms with Gasteiger partial charge >= 0.3 is 0 Å². The van der Waals surface area contributed by atoms with Gasteiger partial charge in [0.05, 0.1) is 27.4 Å². The van der Waals surface area contributed by atoms with Crippen molar-refractivity contribution in [2.45, 2.75) is 66.3 Å². The zero-order valence-corrected chi connectivity index (χ0v) is 27.8. The molecular formula is C34H46N6O4S. The lowest BCUT2D eigenvalue weighted by molar-refractivity contribution is -0.111. The first-order valence-electron chi connectivity index (χ1n) is 15.5. The number of thiazole rings is 1. The lowest BCUT2D eigenvalue weighted by Gasteiger charge is -2.45. The van der Waals surface area contributed by atoms with E-state index in [1.54, 1.807) is 19.2 Å². The highest BCUT2D eigenvalue weighted by Gasteiger charge is 2.33. The van der Waals surface area contributed by atoms with Gasteiger partial charge in [-0.1, -0.05) is 19.9 Å². The van der Waals surface area contributed by atoms with E-state index < -0.39 is 5.91 Å². The molecule has 2 bridgehead atoms. The van der Waals surface area contributed by atoms with Gasteiger partial charge in [-0.2, -0.15) is 0 Å². The van der Waals surface area contributed by atoms with E-state index in [-0.39, 0.29) is 11.5 Å². The first kappa shape index (κ1) is 35.3. The number of rotatable bonds is 9. The molecule has 0 atom stereocenters. The van der Waals surface area contributed by atoms with Gasteiger partial charge in [-0.15, -0.1) is 24.2 Å². The third-order valence-electron chi connectivity index (χ3n) is 8.02. The second-order valence-corrected chi connectivity index (χ2v) is 11.7. The van der Waals surface area contributed by atoms with E-state index in [1.165, 1.54) is 49.4 Å². The summed E-state index contributed by atoms with van der Waals surface area (Å²) < 4.78 is 11.5. The minimum Gasteiger partial charge on any atom is -0.491 e. The third-order valence-corrected chi connectivity index (χ3v) is 9.09. The van der Waals surface area contributed by atoms with E-state index in [2.05, 4.69) is 38.3 Å². The van der Waals surface area contributed by atoms with Gasteiger partial charge < -0.3 is 25.8 Å². The Balaban J connectivity index is 0.00000133. The van der Waals surface area contributed by atoms with Gasteiger partial charge in [-0.05, 0) is 58.4 Å². The minimum atomic E-state index is -0.439. The molecule has 1 saturated carbocycles. The van der Waals surface area contributed by atoms with Crippen LogP contribution in [0, 0.1) is 25.7 Å². The van der Waals surface area contributed by atoms with Crippen LogP contribution in [0.5, 0.6) is 0 Å². The Hall–Kier alpha value is -4.14. The van der Waals surface area contributed by atoms with E-state index in [1.807, 2.05) is 33.8 Å². The number of hydrogen-bond donors (Lipinski definition) is 3. The molecule has 2 aromatic rings. The van der Waals surface area contributed by atoms with Crippen molar-refractivity contribution in [3.05, 3.63) is 63.4 Å². The molecule has 45 heavy (non-hydrogen) atoms. The highest BCUT2D eigenvalue weighted by Crippen LogP contribution is 2.35. The minimum absolute atomic E-state index is 0.216. The van der Waals surface area contributed by atoms with Crippen LogP contribution >= 0.6 is 11.3 Å². The lowest BCUT2D eigenvalue weighted by Crippen LogP contribution is -2.50. The van der Waals surface area contributed by atoms with Gasteiger partial charge in [-0.25, -0.2) is 4.98 Å². The Labute approximate surface area is 271 Å². The smallest absolute Gasteiger partial charge is 0.260 e. The van der Waals surface area contributed by atoms with Crippen LogP contribution in [0.3, 0.4) is 0 Å². The average molecular weight is 635 g/mol. The van der Waals surface area contributed by atoms with Crippen LogP contribution < -0.4 is 16.4 Å². The Morgan fingerprint density at radius 2 is 1.82 bits per heavy atom. The van der Waals surface area contributed by atoms with Crippen molar-refractivity contribution in [3.8, 4) is 12.8 Å². The van der Waals surface area contributed by atoms with Gasteiger partial charge in [-0.3, -0.25) is 19.5 Å². The number of aryl methyl sites for hydroxylation is 1. The molecule has 2 aromatic heterocycles. The third kappa shape index (κ3) is 8.74. The van der Waals surface area contributed by atoms with E-state index in [4.69, 9.17) is 15.2 Å². The predicted molar refractivity (Wildman–Crippen MR) is 181 cm³/mol. The molecule has 6 rings (SSSR count). The van der Waals surface area contributed by atoms with Crippen LogP contribution in [0.25, 0.3) is 11.1 Å². The summed E-state index contributed by atoms with van der Waals surface area (Å²) in [6.07, 6.45) is 19.6. The van der Waals surface area contributed by atoms with E-state index >= 15 is 0 Å². The SMILES string of the molecule is C#C.C/C=C(\C1=C(C)OCCO1)c1cnc(/C(=C\N)C(=O)Nc2cc(C(=O)NCCN3CC4CCC3CC4)cnc2C)s1.CC. The van der Waals surface area contributed by atoms with Gasteiger partial charge in [0, 0.05) is 49.8 Å². The molecule has 4 aliphatic rings. The van der Waals surface area contributed by atoms with Crippen molar-refractivity contribution >= 4 is 40.0 Å². The number of fused-ring (bicyclic) bond motifs is 3. The summed E-state index contributed by atoms with van der Waals surface area (Å²) in [5.74, 6) is 1.52. The monoisotopic (exact) mass is 634 g/mol. The number of nitrogens with zero attached hydrogens (tertiary/aromatic N) is 3. The highest BCUT2D eigenvalue weighted by molar-refractivity contribution is 7.14. The Kier molecular flexibility index (Phi) is 13.6. The van der Waals surface area contributed by atoms with Crippen LogP contribution in [0.15, 0.2) is 42.3 Å². The quantitative estimate of drug-likeness (QED) is 0.249. The fourth-order valence-corrected chi connectivity index (χ4v) is 6.77. The molecule has 242 valence electrons. The summed E-state index contributed by atoms with van der Waals surface area (Å²) in [4.78, 5) is 38.3. The van der Waals surface area contributed by atoms with Gasteiger partial charge in [0.1, 0.15) is 24.0 Å². The van der Waals surface area contributed by atoms with Crippen molar-refractivity contribution in [2.75, 3.05) is 38.2 Å². The number of aromatic nitrogens is 2. The Bertz CT molecular complexity index is 1440. The van der Waals surface area contributed by atoms with Crippen molar-refractivity contribution in [3.63, 3.8) is 0 Å².